The predicted molar refractivity (Wildman–Crippen MR) is 141 cm³/mol. The molecule has 4 aliphatic carbocycles. The van der Waals surface area contributed by atoms with Crippen LogP contribution in [0, 0.1) is 39.4 Å². The van der Waals surface area contributed by atoms with Crippen LogP contribution in [0.2, 0.25) is 0 Å². The van der Waals surface area contributed by atoms with E-state index in [1.165, 1.54) is 4.90 Å². The van der Waals surface area contributed by atoms with Gasteiger partial charge in [0.2, 0.25) is 5.91 Å². The molecule has 3 amide bonds. The molecule has 4 bridgehead atoms. The number of amides is 3. The normalized spacial score (nSPS) is 37.4. The SMILES string of the molecule is CC(C)C(C(=O)N(C)C)N(NC(=O)O[C@@H]1C[C@H]2CC[C@]1(C)C2(C)C)C(=O)O[C@@H]1C[C@H]2CC[C@]1(C)C2(C)C. The summed E-state index contributed by atoms with van der Waals surface area (Å²) < 4.78 is 12.1. The van der Waals surface area contributed by atoms with Gasteiger partial charge in [0.25, 0.3) is 0 Å². The van der Waals surface area contributed by atoms with E-state index in [2.05, 4.69) is 47.0 Å². The number of fused-ring (bicyclic) bond motifs is 4. The van der Waals surface area contributed by atoms with Gasteiger partial charge in [0.15, 0.2) is 0 Å². The van der Waals surface area contributed by atoms with Gasteiger partial charge in [-0.2, -0.15) is 0 Å². The van der Waals surface area contributed by atoms with Gasteiger partial charge in [-0.25, -0.2) is 20.0 Å². The summed E-state index contributed by atoms with van der Waals surface area (Å²) >= 11 is 0. The highest BCUT2D eigenvalue weighted by Gasteiger charge is 2.64. The van der Waals surface area contributed by atoms with Gasteiger partial charge in [-0.1, -0.05) is 55.4 Å². The Balaban J connectivity index is 1.54. The maximum atomic E-state index is 13.7. The molecule has 7 atom stereocenters. The van der Waals surface area contributed by atoms with E-state index in [1.54, 1.807) is 14.1 Å². The molecule has 4 rings (SSSR count). The Labute approximate surface area is 223 Å². The van der Waals surface area contributed by atoms with Crippen LogP contribution in [0.1, 0.15) is 93.9 Å². The largest absolute Gasteiger partial charge is 0.444 e. The lowest BCUT2D eigenvalue weighted by Gasteiger charge is -2.41. The maximum absolute atomic E-state index is 13.7. The van der Waals surface area contributed by atoms with Gasteiger partial charge in [-0.3, -0.25) is 4.79 Å². The molecule has 1 unspecified atom stereocenters. The van der Waals surface area contributed by atoms with E-state index in [1.807, 2.05) is 13.8 Å². The second-order valence-corrected chi connectivity index (χ2v) is 14.4. The number of hydrazine groups is 1. The second kappa shape index (κ2) is 9.04. The molecule has 37 heavy (non-hydrogen) atoms. The zero-order valence-corrected chi connectivity index (χ0v) is 24.6. The molecule has 0 aromatic heterocycles. The van der Waals surface area contributed by atoms with Crippen molar-refractivity contribution in [3.8, 4) is 0 Å². The first-order valence-corrected chi connectivity index (χ1v) is 14.2. The quantitative estimate of drug-likeness (QED) is 0.477. The van der Waals surface area contributed by atoms with Crippen molar-refractivity contribution in [3.63, 3.8) is 0 Å². The standard InChI is InChI=1S/C29H49N3O5/c1-17(2)22(23(33)31(9)10)32(25(35)37-21-16-19-12-14-29(21,8)27(19,5)6)30-24(34)36-20-15-18-11-13-28(20,7)26(18,3)4/h17-22H,11-16H2,1-10H3,(H,30,34)/t18-,19-,20-,21-,22?,28+,29+/m1/s1. The number of nitrogens with zero attached hydrogens (tertiary/aromatic N) is 2. The van der Waals surface area contributed by atoms with Crippen LogP contribution < -0.4 is 5.43 Å². The van der Waals surface area contributed by atoms with Crippen molar-refractivity contribution in [3.05, 3.63) is 0 Å². The maximum Gasteiger partial charge on any atom is 0.429 e. The number of rotatable bonds is 5. The van der Waals surface area contributed by atoms with Crippen molar-refractivity contribution in [2.24, 2.45) is 39.4 Å². The Kier molecular flexibility index (Phi) is 6.85. The fraction of sp³-hybridized carbons (Fsp3) is 0.897. The molecule has 0 aromatic rings. The number of nitrogens with one attached hydrogen (secondary N) is 1. The van der Waals surface area contributed by atoms with Crippen LogP contribution in [0.5, 0.6) is 0 Å². The number of carbonyl (C=O) groups excluding carboxylic acids is 3. The Morgan fingerprint density at radius 3 is 1.62 bits per heavy atom. The van der Waals surface area contributed by atoms with Crippen LogP contribution in [0.3, 0.4) is 0 Å². The van der Waals surface area contributed by atoms with E-state index in [-0.39, 0.29) is 45.7 Å². The lowest BCUT2D eigenvalue weighted by atomic mass is 9.70. The summed E-state index contributed by atoms with van der Waals surface area (Å²) in [7, 11) is 3.30. The molecule has 4 saturated carbocycles. The number of hydrogen-bond donors (Lipinski definition) is 1. The molecular weight excluding hydrogens is 470 g/mol. The fourth-order valence-electron chi connectivity index (χ4n) is 8.24. The molecule has 4 aliphatic rings. The number of likely N-dealkylation sites (N-methyl/N-ethyl adjacent to an activating group) is 1. The molecule has 0 spiro atoms. The van der Waals surface area contributed by atoms with Crippen LogP contribution in [-0.4, -0.2) is 60.3 Å². The van der Waals surface area contributed by atoms with E-state index in [4.69, 9.17) is 9.47 Å². The number of carbonyl (C=O) groups is 3. The minimum atomic E-state index is -0.915. The first-order chi connectivity index (χ1) is 17.0. The van der Waals surface area contributed by atoms with Gasteiger partial charge >= 0.3 is 12.2 Å². The third-order valence-electron chi connectivity index (χ3n) is 11.9. The minimum absolute atomic E-state index is 0.0656. The summed E-state index contributed by atoms with van der Waals surface area (Å²) in [5.41, 5.74) is 2.57. The van der Waals surface area contributed by atoms with Crippen molar-refractivity contribution in [1.82, 2.24) is 15.3 Å². The molecular formula is C29H49N3O5. The van der Waals surface area contributed by atoms with E-state index in [9.17, 15) is 14.4 Å². The molecule has 8 heteroatoms. The molecule has 0 radical (unpaired) electrons. The average Bonchev–Trinajstić information content (AvgIpc) is 3.30. The van der Waals surface area contributed by atoms with Crippen molar-refractivity contribution in [1.29, 1.82) is 0 Å². The highest BCUT2D eigenvalue weighted by molar-refractivity contribution is 5.86. The Morgan fingerprint density at radius 1 is 0.811 bits per heavy atom. The number of ether oxygens (including phenoxy) is 2. The van der Waals surface area contributed by atoms with Gasteiger partial charge in [0.05, 0.1) is 0 Å². The van der Waals surface area contributed by atoms with E-state index in [0.717, 1.165) is 43.5 Å². The van der Waals surface area contributed by atoms with Gasteiger partial charge in [0, 0.05) is 24.9 Å². The monoisotopic (exact) mass is 519 g/mol. The summed E-state index contributed by atoms with van der Waals surface area (Å²) in [6.07, 6.45) is 4.03. The first kappa shape index (κ1) is 28.0. The predicted octanol–water partition coefficient (Wildman–Crippen LogP) is 5.61. The van der Waals surface area contributed by atoms with E-state index >= 15 is 0 Å². The van der Waals surface area contributed by atoms with Crippen molar-refractivity contribution in [2.75, 3.05) is 14.1 Å². The Hall–Kier alpha value is -1.99. The van der Waals surface area contributed by atoms with Crippen molar-refractivity contribution in [2.45, 2.75) is 112 Å². The van der Waals surface area contributed by atoms with E-state index in [0.29, 0.717) is 11.8 Å². The smallest absolute Gasteiger partial charge is 0.429 e. The second-order valence-electron chi connectivity index (χ2n) is 14.4. The third kappa shape index (κ3) is 4.12. The molecule has 1 N–H and O–H groups in total. The molecule has 0 saturated heterocycles. The van der Waals surface area contributed by atoms with Gasteiger partial charge < -0.3 is 14.4 Å². The molecule has 0 heterocycles. The molecule has 4 fully saturated rings. The van der Waals surface area contributed by atoms with Crippen molar-refractivity contribution < 1.29 is 23.9 Å². The topological polar surface area (TPSA) is 88.2 Å². The zero-order chi connectivity index (χ0) is 27.7. The van der Waals surface area contributed by atoms with Crippen LogP contribution in [0.15, 0.2) is 0 Å². The van der Waals surface area contributed by atoms with Crippen molar-refractivity contribution >= 4 is 18.1 Å². The summed E-state index contributed by atoms with van der Waals surface area (Å²) in [4.78, 5) is 41.7. The van der Waals surface area contributed by atoms with Gasteiger partial charge in [0.1, 0.15) is 18.2 Å². The van der Waals surface area contributed by atoms with Crippen LogP contribution >= 0.6 is 0 Å². The number of hydrogen-bond acceptors (Lipinski definition) is 5. The molecule has 0 aliphatic heterocycles. The third-order valence-corrected chi connectivity index (χ3v) is 11.9. The van der Waals surface area contributed by atoms with Gasteiger partial charge in [-0.05, 0) is 67.1 Å². The van der Waals surface area contributed by atoms with Gasteiger partial charge in [-0.15, -0.1) is 0 Å². The first-order valence-electron chi connectivity index (χ1n) is 14.2. The summed E-state index contributed by atoms with van der Waals surface area (Å²) in [5.74, 6) is 0.471. The highest BCUT2D eigenvalue weighted by atomic mass is 16.6. The fourth-order valence-corrected chi connectivity index (χ4v) is 8.24. The Morgan fingerprint density at radius 2 is 1.27 bits per heavy atom. The lowest BCUT2D eigenvalue weighted by Crippen LogP contribution is -2.60. The molecule has 210 valence electrons. The summed E-state index contributed by atoms with van der Waals surface area (Å²) in [6, 6.07) is -0.915. The summed E-state index contributed by atoms with van der Waals surface area (Å²) in [5, 5.41) is 1.10. The average molecular weight is 520 g/mol. The van der Waals surface area contributed by atoms with E-state index < -0.39 is 18.2 Å². The molecule has 8 nitrogen and oxygen atoms in total. The van der Waals surface area contributed by atoms with Crippen LogP contribution in [0.4, 0.5) is 9.59 Å². The summed E-state index contributed by atoms with van der Waals surface area (Å²) in [6.45, 7) is 17.2. The lowest BCUT2D eigenvalue weighted by molar-refractivity contribution is -0.137. The zero-order valence-electron chi connectivity index (χ0n) is 24.6. The molecule has 0 aromatic carbocycles. The van der Waals surface area contributed by atoms with Crippen LogP contribution in [0.25, 0.3) is 0 Å². The highest BCUT2D eigenvalue weighted by Crippen LogP contribution is 2.67. The Bertz CT molecular complexity index is 946. The van der Waals surface area contributed by atoms with Crippen LogP contribution in [-0.2, 0) is 14.3 Å². The minimum Gasteiger partial charge on any atom is -0.444 e.